The summed E-state index contributed by atoms with van der Waals surface area (Å²) < 4.78 is 0. The summed E-state index contributed by atoms with van der Waals surface area (Å²) in [5.41, 5.74) is 7.55. The molecule has 1 aliphatic rings. The van der Waals surface area contributed by atoms with E-state index in [0.717, 1.165) is 11.1 Å². The summed E-state index contributed by atoms with van der Waals surface area (Å²) >= 11 is 0. The molecule has 104 valence electrons. The van der Waals surface area contributed by atoms with Gasteiger partial charge in [0.2, 0.25) is 5.91 Å². The van der Waals surface area contributed by atoms with Crippen LogP contribution in [0.4, 0.5) is 0 Å². The zero-order valence-electron chi connectivity index (χ0n) is 11.3. The Kier molecular flexibility index (Phi) is 4.38. The Morgan fingerprint density at radius 1 is 1.55 bits per heavy atom. The lowest BCUT2D eigenvalue weighted by Crippen LogP contribution is -2.36. The van der Waals surface area contributed by atoms with Crippen molar-refractivity contribution in [1.29, 1.82) is 0 Å². The fourth-order valence-electron chi connectivity index (χ4n) is 2.13. The largest absolute Gasteiger partial charge is 0.354 e. The highest BCUT2D eigenvalue weighted by atomic mass is 16.2. The summed E-state index contributed by atoms with van der Waals surface area (Å²) in [6, 6.07) is 5.26. The molecule has 2 rings (SSSR count). The van der Waals surface area contributed by atoms with Crippen LogP contribution in [-0.4, -0.2) is 30.9 Å². The minimum Gasteiger partial charge on any atom is -0.354 e. The molecule has 1 unspecified atom stereocenters. The molecule has 1 aromatic rings. The van der Waals surface area contributed by atoms with Crippen LogP contribution in [0.5, 0.6) is 0 Å². The van der Waals surface area contributed by atoms with Gasteiger partial charge in [0, 0.05) is 24.1 Å². The maximum absolute atomic E-state index is 12.2. The molecule has 2 amide bonds. The van der Waals surface area contributed by atoms with E-state index < -0.39 is 0 Å². The van der Waals surface area contributed by atoms with E-state index in [4.69, 9.17) is 5.73 Å². The van der Waals surface area contributed by atoms with Gasteiger partial charge in [-0.15, -0.1) is 0 Å². The van der Waals surface area contributed by atoms with Crippen molar-refractivity contribution in [2.45, 2.75) is 19.4 Å². The average Bonchev–Trinajstić information content (AvgIpc) is 2.83. The maximum Gasteiger partial charge on any atom is 0.251 e. The molecule has 1 saturated heterocycles. The Labute approximate surface area is 117 Å². The van der Waals surface area contributed by atoms with Crippen LogP contribution >= 0.6 is 0 Å². The van der Waals surface area contributed by atoms with Crippen LogP contribution in [0.3, 0.4) is 0 Å². The molecule has 0 aliphatic carbocycles. The summed E-state index contributed by atoms with van der Waals surface area (Å²) in [5.74, 6) is 5.52. The van der Waals surface area contributed by atoms with E-state index in [1.807, 2.05) is 13.0 Å². The molecule has 20 heavy (non-hydrogen) atoms. The van der Waals surface area contributed by atoms with Crippen molar-refractivity contribution in [3.05, 3.63) is 34.9 Å². The molecule has 5 heteroatoms. The summed E-state index contributed by atoms with van der Waals surface area (Å²) in [5, 5.41) is 5.54. The third kappa shape index (κ3) is 3.16. The minimum atomic E-state index is -0.180. The molecule has 0 spiro atoms. The number of rotatable bonds is 2. The maximum atomic E-state index is 12.2. The van der Waals surface area contributed by atoms with Crippen LogP contribution < -0.4 is 16.4 Å². The number of carbonyl (C=O) groups excluding carboxylic acids is 2. The van der Waals surface area contributed by atoms with Gasteiger partial charge >= 0.3 is 0 Å². The van der Waals surface area contributed by atoms with Crippen LogP contribution in [0.1, 0.15) is 27.9 Å². The van der Waals surface area contributed by atoms with E-state index in [0.29, 0.717) is 18.5 Å². The van der Waals surface area contributed by atoms with Gasteiger partial charge in [0.25, 0.3) is 5.91 Å². The number of nitrogens with one attached hydrogen (secondary N) is 2. The second-order valence-electron chi connectivity index (χ2n) is 4.66. The van der Waals surface area contributed by atoms with E-state index >= 15 is 0 Å². The van der Waals surface area contributed by atoms with Crippen molar-refractivity contribution < 1.29 is 9.59 Å². The molecule has 1 atom stereocenters. The molecule has 0 bridgehead atoms. The van der Waals surface area contributed by atoms with Gasteiger partial charge in [0.05, 0.1) is 12.6 Å². The van der Waals surface area contributed by atoms with Gasteiger partial charge in [0.1, 0.15) is 0 Å². The van der Waals surface area contributed by atoms with Crippen LogP contribution in [-0.2, 0) is 4.79 Å². The molecule has 4 N–H and O–H groups in total. The molecule has 1 aliphatic heterocycles. The van der Waals surface area contributed by atoms with Crippen molar-refractivity contribution in [1.82, 2.24) is 10.6 Å². The smallest absolute Gasteiger partial charge is 0.251 e. The molecule has 1 heterocycles. The highest BCUT2D eigenvalue weighted by molar-refractivity contribution is 5.97. The fraction of sp³-hybridized carbons (Fsp3) is 0.333. The second-order valence-corrected chi connectivity index (χ2v) is 4.66. The van der Waals surface area contributed by atoms with Crippen LogP contribution in [0.2, 0.25) is 0 Å². The summed E-state index contributed by atoms with van der Waals surface area (Å²) in [4.78, 5) is 23.3. The number of nitrogens with two attached hydrogens (primary N) is 1. The molecule has 1 fully saturated rings. The molecule has 0 aromatic heterocycles. The van der Waals surface area contributed by atoms with Gasteiger partial charge in [-0.05, 0) is 24.6 Å². The second kappa shape index (κ2) is 6.22. The average molecular weight is 271 g/mol. The Bertz CT molecular complexity index is 599. The van der Waals surface area contributed by atoms with Crippen LogP contribution in [0.15, 0.2) is 18.2 Å². The van der Waals surface area contributed by atoms with Crippen molar-refractivity contribution in [3.63, 3.8) is 0 Å². The number of amides is 2. The summed E-state index contributed by atoms with van der Waals surface area (Å²) in [7, 11) is 0. The molecular formula is C15H17N3O2. The van der Waals surface area contributed by atoms with E-state index in [1.165, 1.54) is 0 Å². The molecule has 0 saturated carbocycles. The third-order valence-corrected chi connectivity index (χ3v) is 3.22. The first-order valence-corrected chi connectivity index (χ1v) is 6.48. The first-order valence-electron chi connectivity index (χ1n) is 6.48. The van der Waals surface area contributed by atoms with E-state index in [1.54, 1.807) is 12.1 Å². The van der Waals surface area contributed by atoms with Crippen LogP contribution in [0, 0.1) is 18.8 Å². The first kappa shape index (κ1) is 14.1. The third-order valence-electron chi connectivity index (χ3n) is 3.22. The Morgan fingerprint density at radius 2 is 2.35 bits per heavy atom. The van der Waals surface area contributed by atoms with Crippen molar-refractivity contribution in [3.8, 4) is 11.8 Å². The Balaban J connectivity index is 2.15. The monoisotopic (exact) mass is 271 g/mol. The standard InChI is InChI=1S/C15H17N3O2/c1-10-11(5-3-7-16)4-2-6-13(10)15(20)18-12-8-14(19)17-9-12/h2,4,6,12H,7-9,16H2,1H3,(H,17,19)(H,18,20). The van der Waals surface area contributed by atoms with Crippen molar-refractivity contribution >= 4 is 11.8 Å². The minimum absolute atomic E-state index is 0.0328. The number of benzene rings is 1. The zero-order chi connectivity index (χ0) is 14.5. The lowest BCUT2D eigenvalue weighted by Gasteiger charge is -2.12. The van der Waals surface area contributed by atoms with E-state index in [9.17, 15) is 9.59 Å². The fourth-order valence-corrected chi connectivity index (χ4v) is 2.13. The van der Waals surface area contributed by atoms with Crippen LogP contribution in [0.25, 0.3) is 0 Å². The first-order chi connectivity index (χ1) is 9.61. The Morgan fingerprint density at radius 3 is 3.00 bits per heavy atom. The van der Waals surface area contributed by atoms with Gasteiger partial charge < -0.3 is 16.4 Å². The zero-order valence-corrected chi connectivity index (χ0v) is 11.3. The highest BCUT2D eigenvalue weighted by Crippen LogP contribution is 2.13. The molecule has 5 nitrogen and oxygen atoms in total. The number of hydrogen-bond acceptors (Lipinski definition) is 3. The topological polar surface area (TPSA) is 84.2 Å². The van der Waals surface area contributed by atoms with Crippen molar-refractivity contribution in [2.24, 2.45) is 5.73 Å². The highest BCUT2D eigenvalue weighted by Gasteiger charge is 2.23. The van der Waals surface area contributed by atoms with Crippen molar-refractivity contribution in [2.75, 3.05) is 13.1 Å². The number of carbonyl (C=O) groups is 2. The number of hydrogen-bond donors (Lipinski definition) is 3. The predicted octanol–water partition coefficient (Wildman–Crippen LogP) is -0.0765. The predicted molar refractivity (Wildman–Crippen MR) is 76.0 cm³/mol. The normalized spacial score (nSPS) is 17.1. The Hall–Kier alpha value is -2.32. The SMILES string of the molecule is Cc1c(C#CCN)cccc1C(=O)NC1CNC(=O)C1. The lowest BCUT2D eigenvalue weighted by atomic mass is 10.0. The van der Waals surface area contributed by atoms with Gasteiger partial charge in [-0.2, -0.15) is 0 Å². The molecular weight excluding hydrogens is 254 g/mol. The molecule has 0 radical (unpaired) electrons. The van der Waals surface area contributed by atoms with E-state index in [-0.39, 0.29) is 24.4 Å². The van der Waals surface area contributed by atoms with Gasteiger partial charge in [-0.3, -0.25) is 9.59 Å². The van der Waals surface area contributed by atoms with E-state index in [2.05, 4.69) is 22.5 Å². The van der Waals surface area contributed by atoms with Gasteiger partial charge in [-0.1, -0.05) is 17.9 Å². The summed E-state index contributed by atoms with van der Waals surface area (Å²) in [6.07, 6.45) is 0.331. The quantitative estimate of drug-likeness (QED) is 0.658. The lowest BCUT2D eigenvalue weighted by molar-refractivity contribution is -0.119. The summed E-state index contributed by atoms with van der Waals surface area (Å²) in [6.45, 7) is 2.62. The van der Waals surface area contributed by atoms with Gasteiger partial charge in [-0.25, -0.2) is 0 Å². The molecule has 1 aromatic carbocycles. The van der Waals surface area contributed by atoms with Gasteiger partial charge in [0.15, 0.2) is 0 Å².